The number of aryl methyl sites for hydroxylation is 1. The maximum absolute atomic E-state index is 5.74. The van der Waals surface area contributed by atoms with Crippen LogP contribution in [0.5, 0.6) is 0 Å². The van der Waals surface area contributed by atoms with E-state index in [4.69, 9.17) is 9.83 Å². The number of aromatic nitrogens is 2. The summed E-state index contributed by atoms with van der Waals surface area (Å²) in [4.78, 5) is 14.3. The molecule has 7 heteroatoms. The number of thiophene rings is 1. The van der Waals surface area contributed by atoms with Gasteiger partial charge in [-0.25, -0.2) is 5.48 Å². The highest BCUT2D eigenvalue weighted by Gasteiger charge is 2.24. The summed E-state index contributed by atoms with van der Waals surface area (Å²) in [7, 11) is 0. The lowest BCUT2D eigenvalue weighted by atomic mass is 10.1. The molecular weight excluding hydrogens is 400 g/mol. The first-order valence-corrected chi connectivity index (χ1v) is 10.9. The lowest BCUT2D eigenvalue weighted by Crippen LogP contribution is -2.33. The monoisotopic (exact) mass is 418 g/mol. The molecule has 1 N–H and O–H groups in total. The van der Waals surface area contributed by atoms with Crippen LogP contribution in [0.15, 0.2) is 81.6 Å². The average Bonchev–Trinajstić information content (AvgIpc) is 3.21. The van der Waals surface area contributed by atoms with Crippen LogP contribution in [0.4, 0.5) is 0 Å². The van der Waals surface area contributed by atoms with E-state index < -0.39 is 0 Å². The molecule has 0 amide bonds. The van der Waals surface area contributed by atoms with E-state index in [1.165, 1.54) is 9.75 Å². The van der Waals surface area contributed by atoms with Crippen molar-refractivity contribution in [3.63, 3.8) is 0 Å². The van der Waals surface area contributed by atoms with Crippen molar-refractivity contribution < 1.29 is 4.84 Å². The molecule has 0 saturated heterocycles. The summed E-state index contributed by atoms with van der Waals surface area (Å²) in [5, 5.41) is 10.7. The molecule has 0 saturated carbocycles. The number of nitrogens with zero attached hydrogens (tertiary/aromatic N) is 3. The van der Waals surface area contributed by atoms with E-state index in [1.54, 1.807) is 23.1 Å². The lowest BCUT2D eigenvalue weighted by molar-refractivity contribution is 0.0628. The van der Waals surface area contributed by atoms with Crippen LogP contribution >= 0.6 is 23.1 Å². The zero-order valence-corrected chi connectivity index (χ0v) is 17.3. The van der Waals surface area contributed by atoms with Crippen molar-refractivity contribution in [1.82, 2.24) is 15.7 Å². The van der Waals surface area contributed by atoms with Gasteiger partial charge in [-0.15, -0.1) is 21.5 Å². The topological polar surface area (TPSA) is 59.4 Å². The third kappa shape index (κ3) is 3.76. The van der Waals surface area contributed by atoms with Gasteiger partial charge in [0.2, 0.25) is 0 Å². The molecule has 2 aromatic heterocycles. The second-order valence-electron chi connectivity index (χ2n) is 6.67. The van der Waals surface area contributed by atoms with Crippen molar-refractivity contribution in [1.29, 1.82) is 0 Å². The minimum Gasteiger partial charge on any atom is -0.272 e. The van der Waals surface area contributed by atoms with Crippen LogP contribution in [0.3, 0.4) is 0 Å². The van der Waals surface area contributed by atoms with E-state index >= 15 is 0 Å². The number of fused-ring (bicyclic) bond motifs is 1. The van der Waals surface area contributed by atoms with E-state index in [0.29, 0.717) is 12.4 Å². The van der Waals surface area contributed by atoms with Crippen molar-refractivity contribution in [3.8, 4) is 0 Å². The number of rotatable bonds is 4. The predicted molar refractivity (Wildman–Crippen MR) is 118 cm³/mol. The molecular formula is C22H18N4OS2. The molecule has 3 heterocycles. The lowest BCUT2D eigenvalue weighted by Gasteiger charge is -2.22. The van der Waals surface area contributed by atoms with Crippen molar-refractivity contribution >= 4 is 39.8 Å². The fourth-order valence-corrected chi connectivity index (χ4v) is 5.05. The molecule has 29 heavy (non-hydrogen) atoms. The van der Waals surface area contributed by atoms with Gasteiger partial charge in [0.05, 0.1) is 11.1 Å². The molecule has 0 aliphatic carbocycles. The average molecular weight is 419 g/mol. The Morgan fingerprint density at radius 3 is 2.66 bits per heavy atom. The van der Waals surface area contributed by atoms with Gasteiger partial charge in [0.1, 0.15) is 17.7 Å². The highest BCUT2D eigenvalue weighted by atomic mass is 32.2. The number of amidine groups is 1. The summed E-state index contributed by atoms with van der Waals surface area (Å²) in [6.07, 6.45) is 0. The highest BCUT2D eigenvalue weighted by molar-refractivity contribution is 7.99. The van der Waals surface area contributed by atoms with Crippen LogP contribution in [0.1, 0.15) is 21.4 Å². The van der Waals surface area contributed by atoms with E-state index in [1.807, 2.05) is 36.4 Å². The van der Waals surface area contributed by atoms with Gasteiger partial charge in [0.25, 0.3) is 0 Å². The van der Waals surface area contributed by atoms with E-state index in [2.05, 4.69) is 52.9 Å². The summed E-state index contributed by atoms with van der Waals surface area (Å²) in [5.41, 5.74) is 4.78. The minimum absolute atomic E-state index is 0.0357. The van der Waals surface area contributed by atoms with Crippen molar-refractivity contribution in [2.24, 2.45) is 4.99 Å². The first kappa shape index (κ1) is 18.3. The van der Waals surface area contributed by atoms with Crippen molar-refractivity contribution in [2.45, 2.75) is 22.9 Å². The van der Waals surface area contributed by atoms with Crippen LogP contribution < -0.4 is 5.48 Å². The number of hydrogen-bond acceptors (Lipinski definition) is 7. The zero-order chi connectivity index (χ0) is 19.6. The summed E-state index contributed by atoms with van der Waals surface area (Å²) in [6, 6.07) is 22.4. The molecule has 1 atom stereocenters. The Morgan fingerprint density at radius 1 is 1.00 bits per heavy atom. The molecule has 0 spiro atoms. The third-order valence-electron chi connectivity index (χ3n) is 4.61. The quantitative estimate of drug-likeness (QED) is 0.495. The molecule has 0 unspecified atom stereocenters. The molecule has 0 fully saturated rings. The predicted octanol–water partition coefficient (Wildman–Crippen LogP) is 5.17. The van der Waals surface area contributed by atoms with E-state index in [9.17, 15) is 0 Å². The van der Waals surface area contributed by atoms with Gasteiger partial charge >= 0.3 is 0 Å². The van der Waals surface area contributed by atoms with Crippen molar-refractivity contribution in [3.05, 3.63) is 82.0 Å². The van der Waals surface area contributed by atoms with Crippen LogP contribution in [0.25, 0.3) is 10.9 Å². The van der Waals surface area contributed by atoms with E-state index in [-0.39, 0.29) is 6.04 Å². The van der Waals surface area contributed by atoms with Crippen LogP contribution in [0, 0.1) is 6.92 Å². The Balaban J connectivity index is 1.63. The first-order chi connectivity index (χ1) is 14.3. The molecule has 5 nitrogen and oxygen atoms in total. The van der Waals surface area contributed by atoms with Gasteiger partial charge < -0.3 is 0 Å². The molecule has 4 aromatic rings. The minimum atomic E-state index is -0.0357. The molecule has 1 aliphatic rings. The Kier molecular flexibility index (Phi) is 5.01. The third-order valence-corrected chi connectivity index (χ3v) is 6.70. The summed E-state index contributed by atoms with van der Waals surface area (Å²) < 4.78 is 0. The highest BCUT2D eigenvalue weighted by Crippen LogP contribution is 2.34. The summed E-state index contributed by atoms with van der Waals surface area (Å²) in [5.74, 6) is 0.692. The summed E-state index contributed by atoms with van der Waals surface area (Å²) in [6.45, 7) is 2.61. The smallest absolute Gasteiger partial charge is 0.156 e. The van der Waals surface area contributed by atoms with Gasteiger partial charge in [-0.3, -0.25) is 9.83 Å². The maximum atomic E-state index is 5.74. The van der Waals surface area contributed by atoms with Crippen LogP contribution in [-0.2, 0) is 4.84 Å². The van der Waals surface area contributed by atoms with Crippen LogP contribution in [-0.4, -0.2) is 22.6 Å². The number of benzene rings is 2. The Hall–Kier alpha value is -2.74. The summed E-state index contributed by atoms with van der Waals surface area (Å²) >= 11 is 3.33. The van der Waals surface area contributed by atoms with Gasteiger partial charge in [-0.1, -0.05) is 48.2 Å². The Bertz CT molecular complexity index is 1190. The molecule has 144 valence electrons. The van der Waals surface area contributed by atoms with Gasteiger partial charge in [-0.05, 0) is 37.3 Å². The normalized spacial score (nSPS) is 16.4. The fraction of sp³-hybridized carbons (Fsp3) is 0.136. The number of nitrogens with one attached hydrogen (secondary N) is 1. The van der Waals surface area contributed by atoms with Gasteiger partial charge in [-0.2, -0.15) is 0 Å². The molecule has 0 radical (unpaired) electrons. The first-order valence-electron chi connectivity index (χ1n) is 9.28. The molecule has 2 aromatic carbocycles. The molecule has 1 aliphatic heterocycles. The maximum Gasteiger partial charge on any atom is 0.156 e. The van der Waals surface area contributed by atoms with Crippen molar-refractivity contribution in [2.75, 3.05) is 6.61 Å². The standard InChI is InChI=1S/C22H18N4OS2/c1-14-11-12-19(28-14)18-13-27-26-21(23-18)20-16-9-5-6-10-17(16)24-25-22(20)29-15-7-3-2-4-8-15/h2-12,18H,13H2,1H3,(H,23,26)/t18-/m1/s1. The number of hydroxylamine groups is 1. The Morgan fingerprint density at radius 2 is 1.83 bits per heavy atom. The number of hydrogen-bond donors (Lipinski definition) is 1. The molecule has 5 rings (SSSR count). The Labute approximate surface area is 176 Å². The van der Waals surface area contributed by atoms with Gasteiger partial charge in [0.15, 0.2) is 5.84 Å². The largest absolute Gasteiger partial charge is 0.272 e. The number of aliphatic imine (C=N–C) groups is 1. The second kappa shape index (κ2) is 7.94. The van der Waals surface area contributed by atoms with E-state index in [0.717, 1.165) is 26.4 Å². The van der Waals surface area contributed by atoms with Gasteiger partial charge in [0, 0.05) is 20.0 Å². The second-order valence-corrected chi connectivity index (χ2v) is 9.05. The fourth-order valence-electron chi connectivity index (χ4n) is 3.24. The molecule has 0 bridgehead atoms. The SMILES string of the molecule is Cc1ccc([C@H]2CONC(c3c(Sc4ccccc4)nnc4ccccc34)=N2)s1. The zero-order valence-electron chi connectivity index (χ0n) is 15.7. The van der Waals surface area contributed by atoms with Crippen LogP contribution in [0.2, 0.25) is 0 Å².